The Morgan fingerprint density at radius 3 is 2.64 bits per heavy atom. The van der Waals surface area contributed by atoms with Crippen LogP contribution in [-0.2, 0) is 4.79 Å². The predicted octanol–water partition coefficient (Wildman–Crippen LogP) is -1.15. The lowest BCUT2D eigenvalue weighted by Gasteiger charge is -1.96. The zero-order valence-corrected chi connectivity index (χ0v) is 5.22. The average Bonchev–Trinajstić information content (AvgIpc) is 1.95. The van der Waals surface area contributed by atoms with Gasteiger partial charge in [0, 0.05) is 0 Å². The summed E-state index contributed by atoms with van der Waals surface area (Å²) in [5, 5.41) is 25.7. The molecule has 0 aromatic carbocycles. The van der Waals surface area contributed by atoms with E-state index < -0.39 is 11.9 Å². The Morgan fingerprint density at radius 1 is 1.36 bits per heavy atom. The predicted molar refractivity (Wildman–Crippen MR) is 32.8 cm³/mol. The van der Waals surface area contributed by atoms with Crippen LogP contribution in [0.4, 0.5) is 5.82 Å². The molecule has 0 saturated carbocycles. The van der Waals surface area contributed by atoms with Gasteiger partial charge in [-0.3, -0.25) is 4.79 Å². The van der Waals surface area contributed by atoms with Crippen LogP contribution in [0, 0.1) is 0 Å². The van der Waals surface area contributed by atoms with E-state index in [4.69, 9.17) is 10.2 Å². The van der Waals surface area contributed by atoms with Crippen LogP contribution in [0.2, 0.25) is 0 Å². The van der Waals surface area contributed by atoms with Gasteiger partial charge in [-0.15, -0.1) is 5.10 Å². The van der Waals surface area contributed by atoms with Gasteiger partial charge in [0.2, 0.25) is 12.2 Å². The number of hydrogen-bond donors (Lipinski definition) is 3. The van der Waals surface area contributed by atoms with Crippen molar-refractivity contribution >= 4 is 12.2 Å². The molecule has 1 aromatic heterocycles. The van der Waals surface area contributed by atoms with Crippen molar-refractivity contribution in [3.8, 4) is 11.9 Å². The summed E-state index contributed by atoms with van der Waals surface area (Å²) in [7, 11) is 0. The van der Waals surface area contributed by atoms with Crippen LogP contribution >= 0.6 is 0 Å². The molecule has 0 aliphatic rings. The zero-order chi connectivity index (χ0) is 8.27. The smallest absolute Gasteiger partial charge is 0.336 e. The Hall–Kier alpha value is -1.92. The third-order valence-electron chi connectivity index (χ3n) is 0.853. The molecular weight excluding hydrogens is 152 g/mol. The van der Waals surface area contributed by atoms with Crippen LogP contribution < -0.4 is 5.32 Å². The van der Waals surface area contributed by atoms with Gasteiger partial charge in [-0.1, -0.05) is 5.10 Å². The first-order valence-electron chi connectivity index (χ1n) is 2.57. The first-order valence-corrected chi connectivity index (χ1v) is 2.57. The maximum absolute atomic E-state index is 9.83. The normalized spacial score (nSPS) is 9.09. The van der Waals surface area contributed by atoms with Crippen molar-refractivity contribution in [3.63, 3.8) is 0 Å². The van der Waals surface area contributed by atoms with Crippen molar-refractivity contribution in [3.05, 3.63) is 0 Å². The molecule has 1 aromatic rings. The van der Waals surface area contributed by atoms with Gasteiger partial charge in [-0.25, -0.2) is 0 Å². The fraction of sp³-hybridized carbons (Fsp3) is 0. The van der Waals surface area contributed by atoms with E-state index in [-0.39, 0.29) is 5.82 Å². The first kappa shape index (κ1) is 7.19. The zero-order valence-electron chi connectivity index (χ0n) is 5.22. The highest BCUT2D eigenvalue weighted by Crippen LogP contribution is 2.15. The van der Waals surface area contributed by atoms with Crippen LogP contribution in [0.5, 0.6) is 11.9 Å². The topological polar surface area (TPSA) is 108 Å². The molecule has 0 bridgehead atoms. The van der Waals surface area contributed by atoms with E-state index in [2.05, 4.69) is 15.2 Å². The number of nitrogens with zero attached hydrogens (tertiary/aromatic N) is 3. The second-order valence-corrected chi connectivity index (χ2v) is 1.55. The number of anilines is 1. The van der Waals surface area contributed by atoms with E-state index in [1.807, 2.05) is 5.32 Å². The Morgan fingerprint density at radius 2 is 2.09 bits per heavy atom. The summed E-state index contributed by atoms with van der Waals surface area (Å²) in [5.74, 6) is -0.776. The lowest BCUT2D eigenvalue weighted by molar-refractivity contribution is -0.105. The Kier molecular flexibility index (Phi) is 1.81. The summed E-state index contributed by atoms with van der Waals surface area (Å²) in [5.41, 5.74) is 0. The van der Waals surface area contributed by atoms with Crippen LogP contribution in [-0.4, -0.2) is 31.8 Å². The van der Waals surface area contributed by atoms with Crippen molar-refractivity contribution in [1.29, 1.82) is 0 Å². The van der Waals surface area contributed by atoms with Gasteiger partial charge < -0.3 is 15.5 Å². The van der Waals surface area contributed by atoms with Crippen LogP contribution in [0.1, 0.15) is 0 Å². The highest BCUT2D eigenvalue weighted by Gasteiger charge is 2.04. The molecule has 1 rings (SSSR count). The fourth-order valence-corrected chi connectivity index (χ4v) is 0.459. The average molecular weight is 156 g/mol. The highest BCUT2D eigenvalue weighted by atomic mass is 16.3. The molecule has 0 aliphatic carbocycles. The molecular formula is C4H4N4O3. The van der Waals surface area contributed by atoms with Gasteiger partial charge in [0.05, 0.1) is 0 Å². The van der Waals surface area contributed by atoms with E-state index in [9.17, 15) is 4.79 Å². The third-order valence-corrected chi connectivity index (χ3v) is 0.853. The minimum atomic E-state index is -0.654. The molecule has 3 N–H and O–H groups in total. The monoisotopic (exact) mass is 156 g/mol. The number of nitrogens with one attached hydrogen (secondary N) is 1. The maximum Gasteiger partial charge on any atom is 0.336 e. The van der Waals surface area contributed by atoms with Gasteiger partial charge >= 0.3 is 6.01 Å². The van der Waals surface area contributed by atoms with E-state index >= 15 is 0 Å². The van der Waals surface area contributed by atoms with E-state index in [1.165, 1.54) is 0 Å². The van der Waals surface area contributed by atoms with Crippen LogP contribution in [0.25, 0.3) is 0 Å². The van der Waals surface area contributed by atoms with Gasteiger partial charge in [0.1, 0.15) is 0 Å². The van der Waals surface area contributed by atoms with Gasteiger partial charge in [-0.05, 0) is 0 Å². The summed E-state index contributed by atoms with van der Waals surface area (Å²) in [6, 6.07) is -0.654. The summed E-state index contributed by atoms with van der Waals surface area (Å²) in [4.78, 5) is 12.9. The van der Waals surface area contributed by atoms with Crippen LogP contribution in [0.3, 0.4) is 0 Å². The molecule has 0 radical (unpaired) electrons. The van der Waals surface area contributed by atoms with Gasteiger partial charge in [0.15, 0.2) is 0 Å². The van der Waals surface area contributed by atoms with Crippen molar-refractivity contribution in [2.45, 2.75) is 0 Å². The molecule has 7 nitrogen and oxygen atoms in total. The second kappa shape index (κ2) is 2.78. The highest BCUT2D eigenvalue weighted by molar-refractivity contribution is 5.70. The summed E-state index contributed by atoms with van der Waals surface area (Å²) >= 11 is 0. The summed E-state index contributed by atoms with van der Waals surface area (Å²) < 4.78 is 0. The summed E-state index contributed by atoms with van der Waals surface area (Å²) in [6.45, 7) is 0. The quantitative estimate of drug-likeness (QED) is 0.466. The minimum Gasteiger partial charge on any atom is -0.490 e. The maximum atomic E-state index is 9.83. The largest absolute Gasteiger partial charge is 0.490 e. The Bertz CT molecular complexity index is 276. The number of rotatable bonds is 2. The molecule has 1 amide bonds. The SMILES string of the molecule is O=CNc1nnc(O)nc1O. The number of carbonyl (C=O) groups excluding carboxylic acids is 1. The molecule has 1 heterocycles. The Balaban J connectivity index is 2.98. The van der Waals surface area contributed by atoms with E-state index in [0.29, 0.717) is 6.41 Å². The molecule has 0 spiro atoms. The fourth-order valence-electron chi connectivity index (χ4n) is 0.459. The number of amides is 1. The molecule has 11 heavy (non-hydrogen) atoms. The van der Waals surface area contributed by atoms with Crippen molar-refractivity contribution in [2.24, 2.45) is 0 Å². The first-order chi connectivity index (χ1) is 5.24. The van der Waals surface area contributed by atoms with E-state index in [1.54, 1.807) is 0 Å². The molecule has 0 fully saturated rings. The second-order valence-electron chi connectivity index (χ2n) is 1.55. The number of carbonyl (C=O) groups is 1. The standard InChI is InChI=1S/C4H4N4O3/c9-1-5-2-3(10)6-4(11)8-7-2/h1H,(H,5,7,9)(H2,6,8,10,11). The van der Waals surface area contributed by atoms with Crippen molar-refractivity contribution in [2.75, 3.05) is 5.32 Å². The summed E-state index contributed by atoms with van der Waals surface area (Å²) in [6.07, 6.45) is 0.308. The molecule has 58 valence electrons. The van der Waals surface area contributed by atoms with E-state index in [0.717, 1.165) is 0 Å². The number of aromatic nitrogens is 3. The lowest BCUT2D eigenvalue weighted by atomic mass is 10.7. The molecule has 0 aliphatic heterocycles. The third kappa shape index (κ3) is 1.51. The number of aromatic hydroxyl groups is 2. The molecule has 7 heteroatoms. The lowest BCUT2D eigenvalue weighted by Crippen LogP contribution is -1.99. The Labute approximate surface area is 60.7 Å². The molecule has 0 atom stereocenters. The molecule has 0 saturated heterocycles. The van der Waals surface area contributed by atoms with Gasteiger partial charge in [-0.2, -0.15) is 4.98 Å². The van der Waals surface area contributed by atoms with Crippen molar-refractivity contribution < 1.29 is 15.0 Å². The van der Waals surface area contributed by atoms with Crippen LogP contribution in [0.15, 0.2) is 0 Å². The molecule has 0 unspecified atom stereocenters. The van der Waals surface area contributed by atoms with Crippen molar-refractivity contribution in [1.82, 2.24) is 15.2 Å². The number of hydrogen-bond acceptors (Lipinski definition) is 6. The minimum absolute atomic E-state index is 0.196. The van der Waals surface area contributed by atoms with Gasteiger partial charge in [0.25, 0.3) is 5.88 Å².